The average Bonchev–Trinajstić information content (AvgIpc) is 2.46. The van der Waals surface area contributed by atoms with E-state index in [0.717, 1.165) is 15.6 Å². The largest absolute Gasteiger partial charge is 0.495 e. The monoisotopic (exact) mass is 372 g/mol. The summed E-state index contributed by atoms with van der Waals surface area (Å²) in [5.41, 5.74) is 1.67. The Kier molecular flexibility index (Phi) is 5.48. The van der Waals surface area contributed by atoms with E-state index in [-0.39, 0.29) is 11.2 Å². The second kappa shape index (κ2) is 7.14. The minimum absolute atomic E-state index is 0.265. The number of alkyl halides is 1. The zero-order valence-corrected chi connectivity index (χ0v) is 14.0. The summed E-state index contributed by atoms with van der Waals surface area (Å²) in [6, 6.07) is 10.1. The first-order chi connectivity index (χ1) is 10.1. The number of halogens is 3. The van der Waals surface area contributed by atoms with E-state index in [1.807, 2.05) is 18.2 Å². The first-order valence-electron chi connectivity index (χ1n) is 6.35. The molecule has 2 aromatic carbocycles. The first kappa shape index (κ1) is 16.1. The van der Waals surface area contributed by atoms with E-state index in [2.05, 4.69) is 15.9 Å². The van der Waals surface area contributed by atoms with Gasteiger partial charge in [-0.25, -0.2) is 4.39 Å². The average molecular weight is 374 g/mol. The van der Waals surface area contributed by atoms with Crippen LogP contribution in [-0.2, 0) is 6.42 Å². The summed E-state index contributed by atoms with van der Waals surface area (Å²) in [5, 5.41) is -0.330. The summed E-state index contributed by atoms with van der Waals surface area (Å²) in [6.45, 7) is 0. The number of hydrogen-bond donors (Lipinski definition) is 0. The van der Waals surface area contributed by atoms with Gasteiger partial charge in [0.1, 0.15) is 21.8 Å². The van der Waals surface area contributed by atoms with E-state index in [4.69, 9.17) is 21.1 Å². The highest BCUT2D eigenvalue weighted by Crippen LogP contribution is 2.42. The molecule has 0 N–H and O–H groups in total. The van der Waals surface area contributed by atoms with Gasteiger partial charge in [0.2, 0.25) is 0 Å². The van der Waals surface area contributed by atoms with Gasteiger partial charge >= 0.3 is 0 Å². The molecule has 112 valence electrons. The summed E-state index contributed by atoms with van der Waals surface area (Å²) >= 11 is 9.93. The fraction of sp³-hybridized carbons (Fsp3) is 0.250. The third-order valence-corrected chi connectivity index (χ3v) is 4.30. The number of methoxy groups -OCH3 is 2. The van der Waals surface area contributed by atoms with Gasteiger partial charge in [0, 0.05) is 5.56 Å². The van der Waals surface area contributed by atoms with E-state index >= 15 is 0 Å². The summed E-state index contributed by atoms with van der Waals surface area (Å²) in [6.07, 6.45) is 0.508. The van der Waals surface area contributed by atoms with Gasteiger partial charge in [0.25, 0.3) is 0 Å². The quantitative estimate of drug-likeness (QED) is 0.677. The summed E-state index contributed by atoms with van der Waals surface area (Å²) in [5.74, 6) is 1.04. The Morgan fingerprint density at radius 3 is 2.57 bits per heavy atom. The lowest BCUT2D eigenvalue weighted by Crippen LogP contribution is -2.01. The maximum atomic E-state index is 13.2. The van der Waals surface area contributed by atoms with E-state index in [9.17, 15) is 4.39 Å². The van der Waals surface area contributed by atoms with Gasteiger partial charge in [-0.3, -0.25) is 0 Å². The van der Waals surface area contributed by atoms with Gasteiger partial charge < -0.3 is 9.47 Å². The van der Waals surface area contributed by atoms with E-state index in [0.29, 0.717) is 17.9 Å². The zero-order chi connectivity index (χ0) is 15.4. The predicted octanol–water partition coefficient (Wildman–Crippen LogP) is 5.13. The van der Waals surface area contributed by atoms with Gasteiger partial charge in [0.05, 0.1) is 19.6 Å². The zero-order valence-electron chi connectivity index (χ0n) is 11.7. The topological polar surface area (TPSA) is 18.5 Å². The van der Waals surface area contributed by atoms with Crippen LogP contribution in [0.2, 0.25) is 0 Å². The Hall–Kier alpha value is -1.26. The summed E-state index contributed by atoms with van der Waals surface area (Å²) in [4.78, 5) is 0. The third-order valence-electron chi connectivity index (χ3n) is 3.16. The van der Waals surface area contributed by atoms with Crippen molar-refractivity contribution >= 4 is 27.5 Å². The van der Waals surface area contributed by atoms with Gasteiger partial charge in [-0.15, -0.1) is 11.6 Å². The molecule has 2 aromatic rings. The van der Waals surface area contributed by atoms with Crippen LogP contribution in [-0.4, -0.2) is 14.2 Å². The van der Waals surface area contributed by atoms with Crippen molar-refractivity contribution in [3.63, 3.8) is 0 Å². The lowest BCUT2D eigenvalue weighted by Gasteiger charge is -2.17. The van der Waals surface area contributed by atoms with E-state index < -0.39 is 0 Å². The summed E-state index contributed by atoms with van der Waals surface area (Å²) in [7, 11) is 3.17. The highest BCUT2D eigenvalue weighted by molar-refractivity contribution is 9.10. The Balaban J connectivity index is 2.30. The van der Waals surface area contributed by atoms with Crippen LogP contribution >= 0.6 is 27.5 Å². The smallest absolute Gasteiger partial charge is 0.141 e. The molecule has 1 atom stereocenters. The molecule has 0 aliphatic carbocycles. The van der Waals surface area contributed by atoms with Crippen molar-refractivity contribution < 1.29 is 13.9 Å². The van der Waals surface area contributed by atoms with Crippen molar-refractivity contribution in [1.29, 1.82) is 0 Å². The fourth-order valence-electron chi connectivity index (χ4n) is 2.15. The molecule has 0 bridgehead atoms. The van der Waals surface area contributed by atoms with Gasteiger partial charge in [0.15, 0.2) is 0 Å². The van der Waals surface area contributed by atoms with Gasteiger partial charge in [-0.1, -0.05) is 18.2 Å². The molecule has 0 saturated carbocycles. The molecule has 5 heteroatoms. The maximum Gasteiger partial charge on any atom is 0.141 e. The fourth-order valence-corrected chi connectivity index (χ4v) is 3.18. The predicted molar refractivity (Wildman–Crippen MR) is 85.9 cm³/mol. The lowest BCUT2D eigenvalue weighted by atomic mass is 10.0. The molecule has 2 rings (SSSR count). The third kappa shape index (κ3) is 3.69. The number of hydrogen-bond acceptors (Lipinski definition) is 2. The molecule has 0 heterocycles. The highest BCUT2D eigenvalue weighted by Gasteiger charge is 2.19. The van der Waals surface area contributed by atoms with Crippen LogP contribution in [0.5, 0.6) is 11.5 Å². The highest BCUT2D eigenvalue weighted by atomic mass is 79.9. The van der Waals surface area contributed by atoms with Crippen molar-refractivity contribution in [2.75, 3.05) is 14.2 Å². The van der Waals surface area contributed by atoms with Crippen LogP contribution < -0.4 is 9.47 Å². The normalized spacial score (nSPS) is 12.0. The molecule has 0 aromatic heterocycles. The van der Waals surface area contributed by atoms with Crippen LogP contribution in [0.3, 0.4) is 0 Å². The molecule has 2 nitrogen and oxygen atoms in total. The SMILES string of the molecule is COc1ccc(C(Cl)Cc2cccc(F)c2)c(OC)c1Br. The first-order valence-corrected chi connectivity index (χ1v) is 7.58. The standard InChI is InChI=1S/C16H15BrClFO2/c1-20-14-7-6-12(16(21-2)15(14)17)13(18)9-10-4-3-5-11(19)8-10/h3-8,13H,9H2,1-2H3. The summed E-state index contributed by atoms with van der Waals surface area (Å²) < 4.78 is 24.6. The molecule has 0 aliphatic heterocycles. The molecule has 0 amide bonds. The Bertz CT molecular complexity index is 634. The Labute approximate surface area is 137 Å². The van der Waals surface area contributed by atoms with Crippen LogP contribution in [0.4, 0.5) is 4.39 Å². The Morgan fingerprint density at radius 1 is 1.19 bits per heavy atom. The van der Waals surface area contributed by atoms with Crippen molar-refractivity contribution in [2.24, 2.45) is 0 Å². The molecular weight excluding hydrogens is 359 g/mol. The number of benzene rings is 2. The van der Waals surface area contributed by atoms with Crippen LogP contribution in [0, 0.1) is 5.82 Å². The van der Waals surface area contributed by atoms with E-state index in [1.54, 1.807) is 20.3 Å². The maximum absolute atomic E-state index is 13.2. The molecule has 1 unspecified atom stereocenters. The van der Waals surface area contributed by atoms with Gasteiger partial charge in [-0.05, 0) is 46.1 Å². The molecule has 0 aliphatic rings. The minimum Gasteiger partial charge on any atom is -0.495 e. The van der Waals surface area contributed by atoms with Crippen molar-refractivity contribution in [3.8, 4) is 11.5 Å². The Morgan fingerprint density at radius 2 is 1.95 bits per heavy atom. The van der Waals surface area contributed by atoms with Crippen LogP contribution in [0.15, 0.2) is 40.9 Å². The molecule has 0 fully saturated rings. The minimum atomic E-state index is -0.330. The molecule has 0 saturated heterocycles. The van der Waals surface area contributed by atoms with Crippen molar-refractivity contribution in [1.82, 2.24) is 0 Å². The van der Waals surface area contributed by atoms with Crippen molar-refractivity contribution in [3.05, 3.63) is 57.8 Å². The molecule has 0 radical (unpaired) electrons. The lowest BCUT2D eigenvalue weighted by molar-refractivity contribution is 0.386. The second-order valence-corrected chi connectivity index (χ2v) is 5.83. The van der Waals surface area contributed by atoms with Crippen LogP contribution in [0.1, 0.15) is 16.5 Å². The van der Waals surface area contributed by atoms with E-state index in [1.165, 1.54) is 12.1 Å². The number of rotatable bonds is 5. The molecule has 0 spiro atoms. The number of ether oxygens (including phenoxy) is 2. The van der Waals surface area contributed by atoms with Crippen molar-refractivity contribution in [2.45, 2.75) is 11.8 Å². The van der Waals surface area contributed by atoms with Crippen LogP contribution in [0.25, 0.3) is 0 Å². The molecule has 21 heavy (non-hydrogen) atoms. The molecular formula is C16H15BrClFO2. The van der Waals surface area contributed by atoms with Gasteiger partial charge in [-0.2, -0.15) is 0 Å². The second-order valence-electron chi connectivity index (χ2n) is 4.51.